The Morgan fingerprint density at radius 3 is 2.03 bits per heavy atom. The smallest absolute Gasteiger partial charge is 0.226 e. The standard InChI is InChI=1S/C25H43N3O.C8H7N/c1-20-12-13-26-18-23(20)19-27-14-16-28(17-15-27)25(29)24(21-8-4-2-5-9-21)22-10-6-3-7-11-22;1-7-2-4-8(6-9)5-3-7/h18,20-22,24,26H,2-17,19H2,1H3;2-5H,1H3. The number of nitrogens with zero attached hydrogens (tertiary/aromatic N) is 3. The molecule has 5 rings (SSSR count). The topological polar surface area (TPSA) is 59.4 Å². The molecule has 0 aromatic heterocycles. The summed E-state index contributed by atoms with van der Waals surface area (Å²) in [4.78, 5) is 18.5. The van der Waals surface area contributed by atoms with E-state index in [1.807, 2.05) is 31.2 Å². The third-order valence-electron chi connectivity index (χ3n) is 9.51. The minimum absolute atomic E-state index is 0.326. The molecule has 5 nitrogen and oxygen atoms in total. The van der Waals surface area contributed by atoms with E-state index in [2.05, 4.69) is 34.3 Å². The summed E-state index contributed by atoms with van der Waals surface area (Å²) in [7, 11) is 0. The Balaban J connectivity index is 0.000000317. The zero-order chi connectivity index (χ0) is 26.7. The summed E-state index contributed by atoms with van der Waals surface area (Å²) in [5, 5.41) is 11.8. The Morgan fingerprint density at radius 1 is 0.921 bits per heavy atom. The monoisotopic (exact) mass is 518 g/mol. The fourth-order valence-corrected chi connectivity index (χ4v) is 7.03. The van der Waals surface area contributed by atoms with Gasteiger partial charge < -0.3 is 10.2 Å². The number of hydrogen-bond acceptors (Lipinski definition) is 4. The highest BCUT2D eigenvalue weighted by Crippen LogP contribution is 2.41. The first-order valence-corrected chi connectivity index (χ1v) is 15.5. The molecule has 2 heterocycles. The van der Waals surface area contributed by atoms with Gasteiger partial charge in [0.1, 0.15) is 0 Å². The van der Waals surface area contributed by atoms with E-state index >= 15 is 0 Å². The van der Waals surface area contributed by atoms with Crippen LogP contribution in [-0.2, 0) is 4.79 Å². The summed E-state index contributed by atoms with van der Waals surface area (Å²) in [6, 6.07) is 9.54. The van der Waals surface area contributed by atoms with E-state index < -0.39 is 0 Å². The zero-order valence-electron chi connectivity index (χ0n) is 24.0. The van der Waals surface area contributed by atoms with Gasteiger partial charge in [-0.1, -0.05) is 63.1 Å². The van der Waals surface area contributed by atoms with Crippen molar-refractivity contribution in [3.63, 3.8) is 0 Å². The van der Waals surface area contributed by atoms with Crippen molar-refractivity contribution in [3.05, 3.63) is 47.2 Å². The molecule has 0 spiro atoms. The first-order chi connectivity index (χ1) is 18.5. The minimum atomic E-state index is 0.326. The van der Waals surface area contributed by atoms with Crippen molar-refractivity contribution < 1.29 is 4.79 Å². The molecular formula is C33H50N4O. The van der Waals surface area contributed by atoms with Crippen LogP contribution in [0, 0.1) is 41.9 Å². The summed E-state index contributed by atoms with van der Waals surface area (Å²) >= 11 is 0. The molecule has 1 amide bonds. The van der Waals surface area contributed by atoms with Gasteiger partial charge in [-0.3, -0.25) is 9.69 Å². The minimum Gasteiger partial charge on any atom is -0.391 e. The van der Waals surface area contributed by atoms with Crippen molar-refractivity contribution in [2.45, 2.75) is 84.5 Å². The first-order valence-electron chi connectivity index (χ1n) is 15.5. The Hall–Kier alpha value is -2.32. The van der Waals surface area contributed by atoms with Gasteiger partial charge in [0.15, 0.2) is 0 Å². The van der Waals surface area contributed by atoms with Crippen LogP contribution in [0.25, 0.3) is 0 Å². The van der Waals surface area contributed by atoms with Crippen LogP contribution in [-0.4, -0.2) is 55.0 Å². The molecule has 208 valence electrons. The molecule has 2 aliphatic carbocycles. The maximum absolute atomic E-state index is 13.7. The van der Waals surface area contributed by atoms with Crippen LogP contribution < -0.4 is 5.32 Å². The highest BCUT2D eigenvalue weighted by Gasteiger charge is 2.39. The van der Waals surface area contributed by atoms with E-state index in [4.69, 9.17) is 5.26 Å². The van der Waals surface area contributed by atoms with Gasteiger partial charge in [-0.2, -0.15) is 5.26 Å². The molecule has 1 atom stereocenters. The van der Waals surface area contributed by atoms with Crippen LogP contribution >= 0.6 is 0 Å². The third-order valence-corrected chi connectivity index (χ3v) is 9.51. The van der Waals surface area contributed by atoms with Crippen molar-refractivity contribution in [1.82, 2.24) is 15.1 Å². The summed E-state index contributed by atoms with van der Waals surface area (Å²) in [6.45, 7) is 10.5. The molecule has 1 aromatic carbocycles. The summed E-state index contributed by atoms with van der Waals surface area (Å²) in [5.74, 6) is 2.87. The van der Waals surface area contributed by atoms with Gasteiger partial charge in [-0.05, 0) is 80.7 Å². The molecule has 38 heavy (non-hydrogen) atoms. The van der Waals surface area contributed by atoms with Crippen molar-refractivity contribution in [2.75, 3.05) is 39.3 Å². The Bertz CT molecular complexity index is 911. The van der Waals surface area contributed by atoms with E-state index in [0.717, 1.165) is 44.8 Å². The van der Waals surface area contributed by atoms with Gasteiger partial charge in [0, 0.05) is 45.2 Å². The van der Waals surface area contributed by atoms with E-state index in [9.17, 15) is 4.79 Å². The maximum Gasteiger partial charge on any atom is 0.226 e. The van der Waals surface area contributed by atoms with Gasteiger partial charge in [0.25, 0.3) is 0 Å². The summed E-state index contributed by atoms with van der Waals surface area (Å²) < 4.78 is 0. The van der Waals surface area contributed by atoms with Gasteiger partial charge in [-0.15, -0.1) is 0 Å². The van der Waals surface area contributed by atoms with Crippen LogP contribution in [0.15, 0.2) is 36.0 Å². The van der Waals surface area contributed by atoms with Crippen LogP contribution in [0.1, 0.15) is 88.7 Å². The van der Waals surface area contributed by atoms with Crippen molar-refractivity contribution in [2.24, 2.45) is 23.7 Å². The van der Waals surface area contributed by atoms with Crippen molar-refractivity contribution in [3.8, 4) is 6.07 Å². The van der Waals surface area contributed by atoms with Gasteiger partial charge in [-0.25, -0.2) is 0 Å². The third kappa shape index (κ3) is 8.09. The predicted molar refractivity (Wildman–Crippen MR) is 155 cm³/mol. The number of rotatable bonds is 5. The molecule has 1 N–H and O–H groups in total. The van der Waals surface area contributed by atoms with Crippen LogP contribution in [0.3, 0.4) is 0 Å². The van der Waals surface area contributed by atoms with Crippen LogP contribution in [0.4, 0.5) is 0 Å². The molecule has 2 aliphatic heterocycles. The number of nitrogens with one attached hydrogen (secondary N) is 1. The normalized spacial score (nSPS) is 23.6. The summed E-state index contributed by atoms with van der Waals surface area (Å²) in [6.07, 6.45) is 16.8. The largest absolute Gasteiger partial charge is 0.391 e. The molecular weight excluding hydrogens is 468 g/mol. The molecule has 4 aliphatic rings. The van der Waals surface area contributed by atoms with E-state index in [1.54, 1.807) is 5.57 Å². The number of carbonyl (C=O) groups is 1. The molecule has 1 unspecified atom stereocenters. The van der Waals surface area contributed by atoms with Gasteiger partial charge in [0.05, 0.1) is 11.6 Å². The number of amides is 1. The first kappa shape index (κ1) is 28.7. The molecule has 0 bridgehead atoms. The van der Waals surface area contributed by atoms with Crippen LogP contribution in [0.2, 0.25) is 0 Å². The maximum atomic E-state index is 13.7. The highest BCUT2D eigenvalue weighted by molar-refractivity contribution is 5.79. The van der Waals surface area contributed by atoms with Gasteiger partial charge in [0.2, 0.25) is 5.91 Å². The van der Waals surface area contributed by atoms with Crippen molar-refractivity contribution >= 4 is 5.91 Å². The average Bonchev–Trinajstić information content (AvgIpc) is 2.97. The lowest BCUT2D eigenvalue weighted by atomic mass is 9.69. The molecule has 3 fully saturated rings. The van der Waals surface area contributed by atoms with E-state index in [1.165, 1.54) is 76.2 Å². The second-order valence-electron chi connectivity index (χ2n) is 12.3. The molecule has 5 heteroatoms. The SMILES string of the molecule is CC1CCNC=C1CN1CCN(C(=O)C(C2CCCCC2)C2CCCCC2)CC1.Cc1ccc(C#N)cc1. The molecule has 1 saturated heterocycles. The zero-order valence-corrected chi connectivity index (χ0v) is 24.0. The highest BCUT2D eigenvalue weighted by atomic mass is 16.2. The molecule has 2 saturated carbocycles. The van der Waals surface area contributed by atoms with E-state index in [-0.39, 0.29) is 0 Å². The number of carbonyl (C=O) groups excluding carboxylic acids is 1. The Kier molecular flexibility index (Phi) is 11.1. The van der Waals surface area contributed by atoms with Crippen LogP contribution in [0.5, 0.6) is 0 Å². The fourth-order valence-electron chi connectivity index (χ4n) is 7.03. The molecule has 0 radical (unpaired) electrons. The fraction of sp³-hybridized carbons (Fsp3) is 0.697. The number of nitriles is 1. The quantitative estimate of drug-likeness (QED) is 0.498. The number of aryl methyl sites for hydroxylation is 1. The second-order valence-corrected chi connectivity index (χ2v) is 12.3. The number of piperazine rings is 1. The van der Waals surface area contributed by atoms with Gasteiger partial charge >= 0.3 is 0 Å². The lowest BCUT2D eigenvalue weighted by molar-refractivity contribution is -0.142. The predicted octanol–water partition coefficient (Wildman–Crippen LogP) is 6.29. The molecule has 1 aromatic rings. The second kappa shape index (κ2) is 14.7. The average molecular weight is 519 g/mol. The Morgan fingerprint density at radius 2 is 1.50 bits per heavy atom. The number of hydrogen-bond donors (Lipinski definition) is 1. The Labute approximate surface area is 231 Å². The van der Waals surface area contributed by atoms with Crippen molar-refractivity contribution in [1.29, 1.82) is 5.26 Å². The lowest BCUT2D eigenvalue weighted by Gasteiger charge is -2.42. The van der Waals surface area contributed by atoms with E-state index in [0.29, 0.717) is 29.6 Å². The lowest BCUT2D eigenvalue weighted by Crippen LogP contribution is -2.53. The number of benzene rings is 1. The summed E-state index contributed by atoms with van der Waals surface area (Å²) in [5.41, 5.74) is 3.45.